The van der Waals surface area contributed by atoms with Gasteiger partial charge in [-0.15, -0.1) is 0 Å². The van der Waals surface area contributed by atoms with Gasteiger partial charge in [-0.2, -0.15) is 0 Å². The first-order chi connectivity index (χ1) is 21.1. The zero-order chi connectivity index (χ0) is 32.3. The normalized spacial score (nSPS) is 11.0. The summed E-state index contributed by atoms with van der Waals surface area (Å²) in [4.78, 5) is 12.3. The van der Waals surface area contributed by atoms with E-state index in [0.29, 0.717) is 0 Å². The van der Waals surface area contributed by atoms with Crippen LogP contribution in [-0.4, -0.2) is 15.0 Å². The fourth-order valence-electron chi connectivity index (χ4n) is 5.24. The van der Waals surface area contributed by atoms with Crippen molar-refractivity contribution in [2.75, 3.05) is 0 Å². The second-order valence-electron chi connectivity index (χ2n) is 8.77. The third-order valence-electron chi connectivity index (χ3n) is 6.59. The number of aryl methyl sites for hydroxylation is 3. The van der Waals surface area contributed by atoms with Gasteiger partial charge < -0.3 is 0 Å². The average molecular weight is 576 g/mol. The maximum absolute atomic E-state index is 4.13. The molecule has 0 saturated carbocycles. The Bertz CT molecular complexity index is 1340. The van der Waals surface area contributed by atoms with Gasteiger partial charge in [0.1, 0.15) is 17.5 Å². The van der Waals surface area contributed by atoms with Crippen molar-refractivity contribution in [3.8, 4) is 11.1 Å². The third-order valence-corrected chi connectivity index (χ3v) is 6.59. The van der Waals surface area contributed by atoms with Crippen molar-refractivity contribution in [2.45, 2.75) is 88.0 Å². The quantitative estimate of drug-likeness (QED) is 0.211. The fourth-order valence-corrected chi connectivity index (χ4v) is 5.24. The number of hydrogen-bond acceptors (Lipinski definition) is 3. The van der Waals surface area contributed by atoms with Crippen LogP contribution in [0.25, 0.3) is 11.1 Å². The second kappa shape index (κ2) is 19.9. The zero-order valence-electron chi connectivity index (χ0n) is 28.4. The monoisotopic (exact) mass is 575 g/mol. The van der Waals surface area contributed by atoms with Crippen molar-refractivity contribution in [1.29, 1.82) is 0 Å². The molecule has 43 heavy (non-hydrogen) atoms. The standard InChI is InChI=1S/C25H18.C7H11N3.4C2H6/c1-3-11-19(12-4-1)25(20-13-5-2-6-14-20)23-17-9-7-15-21(23)22-16-8-10-18-24(22)25;1-4-7-9-5(2)8-6(3)10-7;4*1-2/h1-18H;4H2,1-3H3;4*1-2H3. The molecule has 3 heteroatoms. The van der Waals surface area contributed by atoms with E-state index < -0.39 is 0 Å². The van der Waals surface area contributed by atoms with E-state index in [1.54, 1.807) is 0 Å². The van der Waals surface area contributed by atoms with Crippen LogP contribution in [0.3, 0.4) is 0 Å². The minimum atomic E-state index is -0.254. The molecule has 0 saturated heterocycles. The molecule has 0 atom stereocenters. The molecule has 0 aliphatic heterocycles. The minimum Gasteiger partial charge on any atom is -0.219 e. The molecule has 5 aromatic rings. The van der Waals surface area contributed by atoms with Crippen LogP contribution in [0.15, 0.2) is 109 Å². The van der Waals surface area contributed by atoms with Crippen LogP contribution in [0, 0.1) is 13.8 Å². The van der Waals surface area contributed by atoms with Gasteiger partial charge in [-0.1, -0.05) is 172 Å². The van der Waals surface area contributed by atoms with Crippen LogP contribution in [0.5, 0.6) is 0 Å². The van der Waals surface area contributed by atoms with Crippen LogP contribution in [0.4, 0.5) is 0 Å². The SMILES string of the molecule is CC.CC.CC.CC.CCc1nc(C)nc(C)n1.c1ccc(C2(c3ccccc3)c3ccccc3-c3ccccc32)cc1. The Morgan fingerprint density at radius 1 is 0.442 bits per heavy atom. The van der Waals surface area contributed by atoms with Crippen molar-refractivity contribution in [3.63, 3.8) is 0 Å². The Balaban J connectivity index is 0.000000433. The molecule has 1 heterocycles. The van der Waals surface area contributed by atoms with Gasteiger partial charge in [0.2, 0.25) is 0 Å². The Morgan fingerprint density at radius 3 is 1.12 bits per heavy atom. The average Bonchev–Trinajstić information content (AvgIpc) is 3.40. The van der Waals surface area contributed by atoms with Gasteiger partial charge in [0.15, 0.2) is 0 Å². The summed E-state index contributed by atoms with van der Waals surface area (Å²) in [6.07, 6.45) is 0.879. The lowest BCUT2D eigenvalue weighted by Gasteiger charge is -2.33. The van der Waals surface area contributed by atoms with Crippen molar-refractivity contribution in [3.05, 3.63) is 149 Å². The maximum Gasteiger partial charge on any atom is 0.132 e. The van der Waals surface area contributed by atoms with Gasteiger partial charge in [-0.05, 0) is 47.2 Å². The van der Waals surface area contributed by atoms with Gasteiger partial charge in [0.05, 0.1) is 5.41 Å². The number of rotatable bonds is 3. The highest BCUT2D eigenvalue weighted by atomic mass is 15.0. The first-order valence-corrected chi connectivity index (χ1v) is 16.1. The molecule has 0 spiro atoms. The number of fused-ring (bicyclic) bond motifs is 3. The van der Waals surface area contributed by atoms with E-state index in [1.165, 1.54) is 33.4 Å². The van der Waals surface area contributed by atoms with Crippen LogP contribution < -0.4 is 0 Å². The molecular formula is C40H53N3. The highest BCUT2D eigenvalue weighted by Crippen LogP contribution is 2.55. The molecule has 0 bridgehead atoms. The molecule has 0 radical (unpaired) electrons. The molecule has 0 fully saturated rings. The van der Waals surface area contributed by atoms with E-state index >= 15 is 0 Å². The van der Waals surface area contributed by atoms with E-state index in [2.05, 4.69) is 124 Å². The minimum absolute atomic E-state index is 0.254. The predicted octanol–water partition coefficient (Wildman–Crippen LogP) is 11.2. The molecule has 4 aromatic carbocycles. The van der Waals surface area contributed by atoms with Crippen LogP contribution in [0.1, 0.15) is 102 Å². The molecule has 1 aromatic heterocycles. The summed E-state index contributed by atoms with van der Waals surface area (Å²) < 4.78 is 0. The highest BCUT2D eigenvalue weighted by molar-refractivity contribution is 5.86. The largest absolute Gasteiger partial charge is 0.219 e. The van der Waals surface area contributed by atoms with E-state index in [4.69, 9.17) is 0 Å². The van der Waals surface area contributed by atoms with Crippen molar-refractivity contribution in [2.24, 2.45) is 0 Å². The summed E-state index contributed by atoms with van der Waals surface area (Å²) in [5.41, 5.74) is 7.80. The van der Waals surface area contributed by atoms with Crippen molar-refractivity contribution >= 4 is 0 Å². The molecule has 228 valence electrons. The smallest absolute Gasteiger partial charge is 0.132 e. The zero-order valence-corrected chi connectivity index (χ0v) is 28.4. The summed E-state index contributed by atoms with van der Waals surface area (Å²) in [5, 5.41) is 0. The van der Waals surface area contributed by atoms with E-state index in [9.17, 15) is 0 Å². The predicted molar refractivity (Wildman–Crippen MR) is 188 cm³/mol. The molecule has 0 N–H and O–H groups in total. The number of benzene rings is 4. The van der Waals surface area contributed by atoms with Crippen molar-refractivity contribution < 1.29 is 0 Å². The molecular weight excluding hydrogens is 522 g/mol. The summed E-state index contributed by atoms with van der Waals surface area (Å²) in [7, 11) is 0. The van der Waals surface area contributed by atoms with Crippen LogP contribution in [0.2, 0.25) is 0 Å². The van der Waals surface area contributed by atoms with Crippen LogP contribution in [-0.2, 0) is 11.8 Å². The first kappa shape index (κ1) is 36.9. The highest BCUT2D eigenvalue weighted by Gasteiger charge is 2.45. The number of hydrogen-bond donors (Lipinski definition) is 0. The topological polar surface area (TPSA) is 38.7 Å². The fraction of sp³-hybridized carbons (Fsp3) is 0.325. The molecule has 0 amide bonds. The Morgan fingerprint density at radius 2 is 0.767 bits per heavy atom. The van der Waals surface area contributed by atoms with Gasteiger partial charge in [0, 0.05) is 6.42 Å². The van der Waals surface area contributed by atoms with Crippen LogP contribution >= 0.6 is 0 Å². The van der Waals surface area contributed by atoms with E-state index in [1.807, 2.05) is 76.2 Å². The van der Waals surface area contributed by atoms with Gasteiger partial charge in [0.25, 0.3) is 0 Å². The van der Waals surface area contributed by atoms with Gasteiger partial charge >= 0.3 is 0 Å². The number of aromatic nitrogens is 3. The molecule has 0 unspecified atom stereocenters. The first-order valence-electron chi connectivity index (χ1n) is 16.1. The molecule has 6 rings (SSSR count). The maximum atomic E-state index is 4.13. The third kappa shape index (κ3) is 8.47. The number of nitrogens with zero attached hydrogens (tertiary/aromatic N) is 3. The summed E-state index contributed by atoms with van der Waals surface area (Å²) >= 11 is 0. The lowest BCUT2D eigenvalue weighted by molar-refractivity contribution is 0.768. The molecule has 1 aliphatic rings. The Hall–Kier alpha value is -4.11. The lowest BCUT2D eigenvalue weighted by atomic mass is 9.68. The Kier molecular flexibility index (Phi) is 17.1. The molecule has 3 nitrogen and oxygen atoms in total. The van der Waals surface area contributed by atoms with Gasteiger partial charge in [-0.3, -0.25) is 0 Å². The lowest BCUT2D eigenvalue weighted by Crippen LogP contribution is -2.28. The Labute approximate surface area is 262 Å². The van der Waals surface area contributed by atoms with E-state index in [-0.39, 0.29) is 5.41 Å². The summed E-state index contributed by atoms with van der Waals surface area (Å²) in [5.74, 6) is 2.50. The molecule has 1 aliphatic carbocycles. The van der Waals surface area contributed by atoms with E-state index in [0.717, 1.165) is 23.9 Å². The van der Waals surface area contributed by atoms with Crippen molar-refractivity contribution in [1.82, 2.24) is 15.0 Å². The summed E-state index contributed by atoms with van der Waals surface area (Å²) in [6, 6.07) is 39.5. The summed E-state index contributed by atoms with van der Waals surface area (Å²) in [6.45, 7) is 21.8. The second-order valence-corrected chi connectivity index (χ2v) is 8.77. The van der Waals surface area contributed by atoms with Gasteiger partial charge in [-0.25, -0.2) is 15.0 Å².